The van der Waals surface area contributed by atoms with Crippen LogP contribution in [0.15, 0.2) is 36.4 Å². The topological polar surface area (TPSA) is 49.3 Å². The molecule has 0 spiro atoms. The van der Waals surface area contributed by atoms with Crippen LogP contribution in [0.1, 0.15) is 34.4 Å². The van der Waals surface area contributed by atoms with Gasteiger partial charge < -0.3 is 10.4 Å². The highest BCUT2D eigenvalue weighted by atomic mass is 32.2. The van der Waals surface area contributed by atoms with E-state index in [1.54, 1.807) is 11.8 Å². The molecule has 4 heteroatoms. The summed E-state index contributed by atoms with van der Waals surface area (Å²) in [6.45, 7) is 7.66. The van der Waals surface area contributed by atoms with Crippen LogP contribution in [0.25, 0.3) is 0 Å². The maximum atomic E-state index is 12.8. The molecule has 0 aromatic heterocycles. The first-order chi connectivity index (χ1) is 11.0. The van der Waals surface area contributed by atoms with Crippen LogP contribution in [0.4, 0.5) is 5.69 Å². The minimum atomic E-state index is -0.241. The van der Waals surface area contributed by atoms with E-state index in [0.29, 0.717) is 5.75 Å². The van der Waals surface area contributed by atoms with Crippen LogP contribution in [0.5, 0.6) is 5.75 Å². The molecule has 1 atom stereocenters. The van der Waals surface area contributed by atoms with Gasteiger partial charge in [-0.05, 0) is 54.8 Å². The Morgan fingerprint density at radius 1 is 1.17 bits per heavy atom. The van der Waals surface area contributed by atoms with Gasteiger partial charge in [-0.1, -0.05) is 37.3 Å². The summed E-state index contributed by atoms with van der Waals surface area (Å²) in [6.07, 6.45) is 0. The van der Waals surface area contributed by atoms with Crippen LogP contribution in [0.3, 0.4) is 0 Å². The number of amides is 1. The van der Waals surface area contributed by atoms with E-state index in [9.17, 15) is 9.90 Å². The van der Waals surface area contributed by atoms with E-state index in [1.807, 2.05) is 64.1 Å². The molecule has 0 saturated heterocycles. The summed E-state index contributed by atoms with van der Waals surface area (Å²) in [5.41, 5.74) is 4.24. The molecule has 122 valence electrons. The number of aromatic hydroxyl groups is 1. The number of carbonyl (C=O) groups excluding carboxylic acids is 1. The molecule has 2 N–H and O–H groups in total. The van der Waals surface area contributed by atoms with E-state index < -0.39 is 0 Å². The fourth-order valence-corrected chi connectivity index (χ4v) is 3.41. The zero-order chi connectivity index (χ0) is 17.0. The van der Waals surface area contributed by atoms with E-state index in [-0.39, 0.29) is 11.2 Å². The molecule has 2 rings (SSSR count). The van der Waals surface area contributed by atoms with Gasteiger partial charge in [0.1, 0.15) is 11.0 Å². The highest BCUT2D eigenvalue weighted by Gasteiger charge is 2.21. The van der Waals surface area contributed by atoms with Crippen molar-refractivity contribution in [2.45, 2.75) is 32.9 Å². The average Bonchev–Trinajstić information content (AvgIpc) is 2.56. The van der Waals surface area contributed by atoms with E-state index in [2.05, 4.69) is 5.32 Å². The molecule has 0 heterocycles. The Morgan fingerprint density at radius 3 is 2.43 bits per heavy atom. The third-order valence-corrected chi connectivity index (χ3v) is 5.14. The Hall–Kier alpha value is -1.94. The van der Waals surface area contributed by atoms with Gasteiger partial charge in [0, 0.05) is 5.69 Å². The van der Waals surface area contributed by atoms with Crippen molar-refractivity contribution in [2.75, 3.05) is 11.1 Å². The number of anilines is 1. The number of rotatable bonds is 5. The van der Waals surface area contributed by atoms with Crippen LogP contribution in [-0.4, -0.2) is 16.8 Å². The number of aryl methyl sites for hydroxylation is 1. The summed E-state index contributed by atoms with van der Waals surface area (Å²) in [7, 11) is 0. The first-order valence-electron chi connectivity index (χ1n) is 7.72. The predicted molar refractivity (Wildman–Crippen MR) is 98.3 cm³/mol. The molecule has 0 aliphatic rings. The number of nitrogens with one attached hydrogen (secondary N) is 1. The summed E-state index contributed by atoms with van der Waals surface area (Å²) < 4.78 is 0. The van der Waals surface area contributed by atoms with Crippen LogP contribution in [0, 0.1) is 20.8 Å². The van der Waals surface area contributed by atoms with E-state index >= 15 is 0 Å². The van der Waals surface area contributed by atoms with E-state index in [1.165, 1.54) is 0 Å². The zero-order valence-corrected chi connectivity index (χ0v) is 14.8. The Kier molecular flexibility index (Phi) is 5.72. The van der Waals surface area contributed by atoms with Crippen molar-refractivity contribution in [3.8, 4) is 5.75 Å². The van der Waals surface area contributed by atoms with Crippen molar-refractivity contribution in [1.82, 2.24) is 0 Å². The molecule has 0 aliphatic heterocycles. The van der Waals surface area contributed by atoms with E-state index in [0.717, 1.165) is 33.7 Å². The molecule has 0 saturated carbocycles. The second-order valence-corrected chi connectivity index (χ2v) is 6.96. The third kappa shape index (κ3) is 3.88. The van der Waals surface area contributed by atoms with Crippen molar-refractivity contribution >= 4 is 23.4 Å². The Labute approximate surface area is 142 Å². The lowest BCUT2D eigenvalue weighted by Gasteiger charge is -2.19. The molecule has 2 aromatic carbocycles. The Morgan fingerprint density at radius 2 is 1.83 bits per heavy atom. The van der Waals surface area contributed by atoms with Gasteiger partial charge in [0.05, 0.1) is 0 Å². The minimum absolute atomic E-state index is 0.0318. The Bertz CT molecular complexity index is 698. The highest BCUT2D eigenvalue weighted by molar-refractivity contribution is 8.00. The number of benzene rings is 2. The number of hydrogen-bond acceptors (Lipinski definition) is 3. The largest absolute Gasteiger partial charge is 0.507 e. The lowest BCUT2D eigenvalue weighted by molar-refractivity contribution is -0.115. The summed E-state index contributed by atoms with van der Waals surface area (Å²) in [5, 5.41) is 12.8. The standard InChI is InChI=1S/C19H23NO2S/c1-5-23-18(15-9-7-6-8-10-15)19(22)20-16-11-12(2)17(21)14(4)13(16)3/h6-11,18,21H,5H2,1-4H3,(H,20,22). The molecule has 0 fully saturated rings. The first kappa shape index (κ1) is 17.4. The molecule has 0 radical (unpaired) electrons. The molecule has 23 heavy (non-hydrogen) atoms. The average molecular weight is 329 g/mol. The monoisotopic (exact) mass is 329 g/mol. The molecule has 2 aromatic rings. The minimum Gasteiger partial charge on any atom is -0.507 e. The normalized spacial score (nSPS) is 12.0. The fraction of sp³-hybridized carbons (Fsp3) is 0.316. The van der Waals surface area contributed by atoms with Crippen molar-refractivity contribution in [2.24, 2.45) is 0 Å². The van der Waals surface area contributed by atoms with Crippen molar-refractivity contribution in [3.63, 3.8) is 0 Å². The lowest BCUT2D eigenvalue weighted by Crippen LogP contribution is -2.20. The van der Waals surface area contributed by atoms with Crippen molar-refractivity contribution < 1.29 is 9.90 Å². The number of hydrogen-bond donors (Lipinski definition) is 2. The smallest absolute Gasteiger partial charge is 0.242 e. The van der Waals surface area contributed by atoms with Crippen molar-refractivity contribution in [1.29, 1.82) is 0 Å². The first-order valence-corrected chi connectivity index (χ1v) is 8.77. The van der Waals surface area contributed by atoms with Gasteiger partial charge in [-0.25, -0.2) is 0 Å². The van der Waals surface area contributed by atoms with Crippen LogP contribution in [0.2, 0.25) is 0 Å². The van der Waals surface area contributed by atoms with E-state index in [4.69, 9.17) is 0 Å². The number of phenolic OH excluding ortho intramolecular Hbond substituents is 1. The summed E-state index contributed by atoms with van der Waals surface area (Å²) in [6, 6.07) is 11.6. The fourth-order valence-electron chi connectivity index (χ4n) is 2.51. The van der Waals surface area contributed by atoms with Crippen LogP contribution in [-0.2, 0) is 4.79 Å². The highest BCUT2D eigenvalue weighted by Crippen LogP contribution is 2.33. The van der Waals surface area contributed by atoms with Crippen molar-refractivity contribution in [3.05, 3.63) is 58.7 Å². The number of thioether (sulfide) groups is 1. The maximum absolute atomic E-state index is 12.8. The van der Waals surface area contributed by atoms with Gasteiger partial charge in [-0.15, -0.1) is 11.8 Å². The molecule has 1 unspecified atom stereocenters. The molecule has 1 amide bonds. The molecule has 3 nitrogen and oxygen atoms in total. The molecular weight excluding hydrogens is 306 g/mol. The lowest BCUT2D eigenvalue weighted by atomic mass is 10.0. The van der Waals surface area contributed by atoms with Gasteiger partial charge in [0.25, 0.3) is 0 Å². The second kappa shape index (κ2) is 7.55. The summed E-state index contributed by atoms with van der Waals surface area (Å²) in [4.78, 5) is 12.8. The van der Waals surface area contributed by atoms with Gasteiger partial charge >= 0.3 is 0 Å². The third-order valence-electron chi connectivity index (χ3n) is 3.99. The van der Waals surface area contributed by atoms with Gasteiger partial charge in [0.15, 0.2) is 0 Å². The van der Waals surface area contributed by atoms with Crippen LogP contribution < -0.4 is 5.32 Å². The molecule has 0 aliphatic carbocycles. The SMILES string of the molecule is CCSC(C(=O)Nc1cc(C)c(O)c(C)c1C)c1ccccc1. The quantitative estimate of drug-likeness (QED) is 0.778. The van der Waals surface area contributed by atoms with Gasteiger partial charge in [-0.2, -0.15) is 0 Å². The maximum Gasteiger partial charge on any atom is 0.242 e. The number of phenols is 1. The summed E-state index contributed by atoms with van der Waals surface area (Å²) in [5.74, 6) is 1.12. The second-order valence-electron chi connectivity index (χ2n) is 5.57. The van der Waals surface area contributed by atoms with Gasteiger partial charge in [0.2, 0.25) is 5.91 Å². The molecular formula is C19H23NO2S. The number of carbonyl (C=O) groups is 1. The summed E-state index contributed by atoms with van der Waals surface area (Å²) >= 11 is 1.61. The van der Waals surface area contributed by atoms with Gasteiger partial charge in [-0.3, -0.25) is 4.79 Å². The Balaban J connectivity index is 2.30. The molecule has 0 bridgehead atoms. The zero-order valence-electron chi connectivity index (χ0n) is 14.0. The predicted octanol–water partition coefficient (Wildman–Crippen LogP) is 4.75. The van der Waals surface area contributed by atoms with Crippen LogP contribution >= 0.6 is 11.8 Å².